The summed E-state index contributed by atoms with van der Waals surface area (Å²) in [7, 11) is 0. The van der Waals surface area contributed by atoms with Crippen LogP contribution in [0.4, 0.5) is 0 Å². The van der Waals surface area contributed by atoms with Crippen LogP contribution in [-0.4, -0.2) is 4.98 Å². The first-order valence-electron chi connectivity index (χ1n) is 6.94. The second kappa shape index (κ2) is 6.63. The van der Waals surface area contributed by atoms with E-state index in [0.29, 0.717) is 17.2 Å². The van der Waals surface area contributed by atoms with E-state index in [9.17, 15) is 4.79 Å². The Bertz CT molecular complexity index is 727. The molecule has 0 aliphatic carbocycles. The third-order valence-corrected chi connectivity index (χ3v) is 3.02. The van der Waals surface area contributed by atoms with Gasteiger partial charge in [0.1, 0.15) is 11.5 Å². The van der Waals surface area contributed by atoms with E-state index in [-0.39, 0.29) is 5.56 Å². The summed E-state index contributed by atoms with van der Waals surface area (Å²) in [5.74, 6) is 1.32. The topological polar surface area (TPSA) is 51.3 Å². The van der Waals surface area contributed by atoms with Crippen LogP contribution >= 0.6 is 0 Å². The second-order valence-electron chi connectivity index (χ2n) is 4.66. The van der Waals surface area contributed by atoms with Crippen LogP contribution < -0.4 is 15.0 Å². The normalized spacial score (nSPS) is 10.4. The lowest BCUT2D eigenvalue weighted by molar-refractivity contribution is 0.000177. The fourth-order valence-electron chi connectivity index (χ4n) is 2.00. The summed E-state index contributed by atoms with van der Waals surface area (Å²) in [4.78, 5) is 14.3. The first-order chi connectivity index (χ1) is 10.8. The Balaban J connectivity index is 1.89. The highest BCUT2D eigenvalue weighted by molar-refractivity contribution is 5.24. The molecular weight excluding hydrogens is 278 g/mol. The number of aromatic amines is 1. The van der Waals surface area contributed by atoms with Crippen molar-refractivity contribution in [2.75, 3.05) is 0 Å². The molecule has 0 aliphatic heterocycles. The summed E-state index contributed by atoms with van der Waals surface area (Å²) in [6.07, 6.45) is -0.737. The van der Waals surface area contributed by atoms with Gasteiger partial charge < -0.3 is 14.5 Å². The molecule has 0 unspecified atom stereocenters. The molecule has 0 amide bonds. The zero-order chi connectivity index (χ0) is 15.2. The largest absolute Gasteiger partial charge is 0.449 e. The van der Waals surface area contributed by atoms with E-state index in [0.717, 1.165) is 0 Å². The van der Waals surface area contributed by atoms with Gasteiger partial charge in [-0.2, -0.15) is 0 Å². The first-order valence-corrected chi connectivity index (χ1v) is 6.94. The molecule has 3 rings (SSSR count). The molecule has 2 aromatic carbocycles. The Labute approximate surface area is 128 Å². The van der Waals surface area contributed by atoms with Crippen molar-refractivity contribution >= 4 is 0 Å². The molecule has 0 fully saturated rings. The number of hydrogen-bond acceptors (Lipinski definition) is 3. The van der Waals surface area contributed by atoms with Gasteiger partial charge in [0, 0.05) is 6.07 Å². The predicted octanol–water partition coefficient (Wildman–Crippen LogP) is 3.53. The van der Waals surface area contributed by atoms with Crippen LogP contribution in [0.3, 0.4) is 0 Å². The van der Waals surface area contributed by atoms with Crippen LogP contribution in [0.5, 0.6) is 11.5 Å². The van der Waals surface area contributed by atoms with Crippen LogP contribution in [0.2, 0.25) is 0 Å². The maximum absolute atomic E-state index is 11.5. The molecule has 0 saturated heterocycles. The summed E-state index contributed by atoms with van der Waals surface area (Å²) in [6.45, 7) is 0. The number of rotatable bonds is 5. The molecule has 1 aromatic heterocycles. The van der Waals surface area contributed by atoms with Gasteiger partial charge in [-0.3, -0.25) is 4.79 Å². The van der Waals surface area contributed by atoms with Gasteiger partial charge in [-0.1, -0.05) is 42.5 Å². The van der Waals surface area contributed by atoms with E-state index in [2.05, 4.69) is 4.98 Å². The summed E-state index contributed by atoms with van der Waals surface area (Å²) in [5.41, 5.74) is 0.357. The van der Waals surface area contributed by atoms with Gasteiger partial charge in [0.2, 0.25) is 5.56 Å². The van der Waals surface area contributed by atoms with Gasteiger partial charge in [-0.05, 0) is 30.3 Å². The van der Waals surface area contributed by atoms with Crippen molar-refractivity contribution in [2.45, 2.75) is 6.29 Å². The van der Waals surface area contributed by atoms with Crippen LogP contribution in [0, 0.1) is 0 Å². The van der Waals surface area contributed by atoms with E-state index in [4.69, 9.17) is 9.47 Å². The molecule has 0 saturated carbocycles. The molecule has 22 heavy (non-hydrogen) atoms. The van der Waals surface area contributed by atoms with Crippen molar-refractivity contribution in [1.29, 1.82) is 0 Å². The quantitative estimate of drug-likeness (QED) is 0.732. The highest BCUT2D eigenvalue weighted by Gasteiger charge is 2.16. The van der Waals surface area contributed by atoms with Gasteiger partial charge >= 0.3 is 0 Å². The summed E-state index contributed by atoms with van der Waals surface area (Å²) < 4.78 is 11.7. The van der Waals surface area contributed by atoms with Crippen molar-refractivity contribution < 1.29 is 9.47 Å². The number of aromatic nitrogens is 1. The lowest BCUT2D eigenvalue weighted by Gasteiger charge is -2.20. The average molecular weight is 293 g/mol. The van der Waals surface area contributed by atoms with Gasteiger partial charge in [0.05, 0.1) is 5.69 Å². The number of para-hydroxylation sites is 2. The van der Waals surface area contributed by atoms with Crippen molar-refractivity contribution in [3.05, 3.63) is 94.9 Å². The minimum absolute atomic E-state index is 0.198. The SMILES string of the molecule is O=c1cccc(C(Oc2ccccc2)Oc2ccccc2)[nH]1. The van der Waals surface area contributed by atoms with E-state index in [1.165, 1.54) is 6.07 Å². The van der Waals surface area contributed by atoms with Crippen LogP contribution in [-0.2, 0) is 0 Å². The number of benzene rings is 2. The third-order valence-electron chi connectivity index (χ3n) is 3.02. The molecule has 4 nitrogen and oxygen atoms in total. The Hall–Kier alpha value is -3.01. The number of nitrogens with one attached hydrogen (secondary N) is 1. The zero-order valence-electron chi connectivity index (χ0n) is 11.8. The summed E-state index contributed by atoms with van der Waals surface area (Å²) in [6, 6.07) is 23.5. The third kappa shape index (κ3) is 3.55. The molecule has 4 heteroatoms. The van der Waals surface area contributed by atoms with E-state index >= 15 is 0 Å². The molecule has 0 bridgehead atoms. The van der Waals surface area contributed by atoms with Gasteiger partial charge in [0.25, 0.3) is 6.29 Å². The predicted molar refractivity (Wildman–Crippen MR) is 83.9 cm³/mol. The molecule has 0 aliphatic rings. The maximum atomic E-state index is 11.5. The van der Waals surface area contributed by atoms with Crippen molar-refractivity contribution in [3.8, 4) is 11.5 Å². The Morgan fingerprint density at radius 1 is 0.682 bits per heavy atom. The minimum atomic E-state index is -0.737. The number of ether oxygens (including phenoxy) is 2. The number of H-pyrrole nitrogens is 1. The standard InChI is InChI=1S/C18H15NO3/c20-17-13-7-12-16(19-17)18(21-14-8-3-1-4-9-14)22-15-10-5-2-6-11-15/h1-13,18H,(H,19,20). The lowest BCUT2D eigenvalue weighted by atomic mass is 10.3. The summed E-state index contributed by atoms with van der Waals surface area (Å²) in [5, 5.41) is 0. The molecule has 0 spiro atoms. The van der Waals surface area contributed by atoms with Crippen LogP contribution in [0.25, 0.3) is 0 Å². The first kappa shape index (κ1) is 13.9. The van der Waals surface area contributed by atoms with Crippen molar-refractivity contribution in [1.82, 2.24) is 4.98 Å². The van der Waals surface area contributed by atoms with Gasteiger partial charge in [-0.25, -0.2) is 0 Å². The van der Waals surface area contributed by atoms with Crippen LogP contribution in [0.1, 0.15) is 12.0 Å². The zero-order valence-corrected chi connectivity index (χ0v) is 11.8. The van der Waals surface area contributed by atoms with Crippen molar-refractivity contribution in [2.24, 2.45) is 0 Å². The van der Waals surface area contributed by atoms with E-state index in [1.54, 1.807) is 12.1 Å². The molecular formula is C18H15NO3. The second-order valence-corrected chi connectivity index (χ2v) is 4.66. The highest BCUT2D eigenvalue weighted by Crippen LogP contribution is 2.23. The molecule has 1 heterocycles. The molecule has 0 atom stereocenters. The number of hydrogen-bond donors (Lipinski definition) is 1. The molecule has 1 N–H and O–H groups in total. The Morgan fingerprint density at radius 3 is 1.73 bits per heavy atom. The highest BCUT2D eigenvalue weighted by atomic mass is 16.7. The van der Waals surface area contributed by atoms with Gasteiger partial charge in [-0.15, -0.1) is 0 Å². The fraction of sp³-hybridized carbons (Fsp3) is 0.0556. The Morgan fingerprint density at radius 2 is 1.23 bits per heavy atom. The fourth-order valence-corrected chi connectivity index (χ4v) is 2.00. The monoisotopic (exact) mass is 293 g/mol. The average Bonchev–Trinajstić information content (AvgIpc) is 2.56. The summed E-state index contributed by atoms with van der Waals surface area (Å²) >= 11 is 0. The smallest absolute Gasteiger partial charge is 0.282 e. The van der Waals surface area contributed by atoms with Crippen molar-refractivity contribution in [3.63, 3.8) is 0 Å². The van der Waals surface area contributed by atoms with E-state index in [1.807, 2.05) is 60.7 Å². The Kier molecular flexibility index (Phi) is 4.20. The number of pyridine rings is 1. The molecule has 110 valence electrons. The minimum Gasteiger partial charge on any atom is -0.449 e. The van der Waals surface area contributed by atoms with Crippen LogP contribution in [0.15, 0.2) is 83.7 Å². The molecule has 0 radical (unpaired) electrons. The van der Waals surface area contributed by atoms with Gasteiger partial charge in [0.15, 0.2) is 0 Å². The van der Waals surface area contributed by atoms with E-state index < -0.39 is 6.29 Å². The maximum Gasteiger partial charge on any atom is 0.282 e. The lowest BCUT2D eigenvalue weighted by Crippen LogP contribution is -2.19. The molecule has 3 aromatic rings.